The van der Waals surface area contributed by atoms with E-state index < -0.39 is 0 Å². The molecule has 26 heavy (non-hydrogen) atoms. The molecule has 0 amide bonds. The molecule has 3 rings (SSSR count). The van der Waals surface area contributed by atoms with Gasteiger partial charge in [0.05, 0.1) is 12.6 Å². The third-order valence-corrected chi connectivity index (χ3v) is 4.10. The molecule has 0 aliphatic rings. The van der Waals surface area contributed by atoms with E-state index in [0.29, 0.717) is 25.5 Å². The molecule has 3 N–H and O–H groups in total. The average Bonchev–Trinajstić information content (AvgIpc) is 2.68. The van der Waals surface area contributed by atoms with Crippen LogP contribution >= 0.6 is 0 Å². The molecule has 0 saturated heterocycles. The molecule has 0 spiro atoms. The molecular formula is C20H24N4O2. The van der Waals surface area contributed by atoms with E-state index in [1.165, 1.54) is 0 Å². The van der Waals surface area contributed by atoms with E-state index >= 15 is 0 Å². The van der Waals surface area contributed by atoms with Crippen molar-refractivity contribution in [3.8, 4) is 5.75 Å². The highest BCUT2D eigenvalue weighted by Gasteiger charge is 2.07. The SMILES string of the molecule is COc1ccccc1CCNc1nc(NCCCO)c2ccccc2n1. The first-order valence-electron chi connectivity index (χ1n) is 8.79. The van der Waals surface area contributed by atoms with Crippen LogP contribution in [-0.4, -0.2) is 41.9 Å². The van der Waals surface area contributed by atoms with Gasteiger partial charge in [-0.25, -0.2) is 4.98 Å². The van der Waals surface area contributed by atoms with E-state index in [2.05, 4.69) is 26.7 Å². The Morgan fingerprint density at radius 2 is 1.77 bits per heavy atom. The summed E-state index contributed by atoms with van der Waals surface area (Å²) in [7, 11) is 1.68. The van der Waals surface area contributed by atoms with Crippen molar-refractivity contribution in [1.82, 2.24) is 9.97 Å². The van der Waals surface area contributed by atoms with Crippen LogP contribution in [0.2, 0.25) is 0 Å². The van der Waals surface area contributed by atoms with Crippen LogP contribution in [0.15, 0.2) is 48.5 Å². The molecule has 0 unspecified atom stereocenters. The van der Waals surface area contributed by atoms with Gasteiger partial charge < -0.3 is 20.5 Å². The zero-order valence-corrected chi connectivity index (χ0v) is 14.9. The monoisotopic (exact) mass is 352 g/mol. The summed E-state index contributed by atoms with van der Waals surface area (Å²) in [6.07, 6.45) is 1.49. The number of hydrogen-bond acceptors (Lipinski definition) is 6. The quantitative estimate of drug-likeness (QED) is 0.514. The first kappa shape index (κ1) is 17.9. The number of rotatable bonds is 9. The largest absolute Gasteiger partial charge is 0.496 e. The van der Waals surface area contributed by atoms with E-state index in [9.17, 15) is 0 Å². The van der Waals surface area contributed by atoms with Crippen LogP contribution in [0.25, 0.3) is 10.9 Å². The van der Waals surface area contributed by atoms with E-state index in [0.717, 1.165) is 34.5 Å². The second-order valence-corrected chi connectivity index (χ2v) is 5.91. The normalized spacial score (nSPS) is 10.7. The molecule has 1 heterocycles. The molecule has 0 radical (unpaired) electrons. The molecule has 1 aromatic heterocycles. The van der Waals surface area contributed by atoms with Crippen molar-refractivity contribution in [1.29, 1.82) is 0 Å². The van der Waals surface area contributed by atoms with E-state index in [1.807, 2.05) is 42.5 Å². The Morgan fingerprint density at radius 3 is 2.62 bits per heavy atom. The van der Waals surface area contributed by atoms with Crippen molar-refractivity contribution in [2.75, 3.05) is 37.4 Å². The third kappa shape index (κ3) is 4.40. The van der Waals surface area contributed by atoms with Gasteiger partial charge >= 0.3 is 0 Å². The van der Waals surface area contributed by atoms with Gasteiger partial charge in [0.25, 0.3) is 0 Å². The average molecular weight is 352 g/mol. The van der Waals surface area contributed by atoms with Gasteiger partial charge in [-0.2, -0.15) is 4.98 Å². The van der Waals surface area contributed by atoms with E-state index in [-0.39, 0.29) is 6.61 Å². The number of aliphatic hydroxyl groups excluding tert-OH is 1. The molecule has 0 aliphatic carbocycles. The van der Waals surface area contributed by atoms with Crippen LogP contribution in [-0.2, 0) is 6.42 Å². The summed E-state index contributed by atoms with van der Waals surface area (Å²) < 4.78 is 5.39. The lowest BCUT2D eigenvalue weighted by atomic mass is 10.1. The number of fused-ring (bicyclic) bond motifs is 1. The van der Waals surface area contributed by atoms with Gasteiger partial charge in [0, 0.05) is 25.1 Å². The Balaban J connectivity index is 1.73. The second kappa shape index (κ2) is 9.01. The molecule has 0 aliphatic heterocycles. The number of para-hydroxylation sites is 2. The first-order valence-corrected chi connectivity index (χ1v) is 8.79. The molecule has 6 heteroatoms. The molecule has 6 nitrogen and oxygen atoms in total. The van der Waals surface area contributed by atoms with Gasteiger partial charge in [-0.05, 0) is 36.6 Å². The lowest BCUT2D eigenvalue weighted by Gasteiger charge is -2.12. The highest BCUT2D eigenvalue weighted by Crippen LogP contribution is 2.22. The maximum Gasteiger partial charge on any atom is 0.225 e. The van der Waals surface area contributed by atoms with Crippen LogP contribution in [0.1, 0.15) is 12.0 Å². The predicted octanol–water partition coefficient (Wildman–Crippen LogP) is 3.09. The van der Waals surface area contributed by atoms with Crippen molar-refractivity contribution in [2.24, 2.45) is 0 Å². The standard InChI is InChI=1S/C20H24N4O2/c1-26-18-10-5-2-7-15(18)11-13-22-20-23-17-9-4-3-8-16(17)19(24-20)21-12-6-14-25/h2-5,7-10,25H,6,11-14H2,1H3,(H2,21,22,23,24). The molecule has 0 atom stereocenters. The third-order valence-electron chi connectivity index (χ3n) is 4.10. The Bertz CT molecular complexity index is 854. The van der Waals surface area contributed by atoms with Crippen LogP contribution in [0.4, 0.5) is 11.8 Å². The molecule has 0 saturated carbocycles. The van der Waals surface area contributed by atoms with E-state index in [1.54, 1.807) is 7.11 Å². The summed E-state index contributed by atoms with van der Waals surface area (Å²) in [4.78, 5) is 9.20. The van der Waals surface area contributed by atoms with Gasteiger partial charge in [-0.1, -0.05) is 30.3 Å². The lowest BCUT2D eigenvalue weighted by molar-refractivity contribution is 0.292. The highest BCUT2D eigenvalue weighted by molar-refractivity contribution is 5.89. The highest BCUT2D eigenvalue weighted by atomic mass is 16.5. The fraction of sp³-hybridized carbons (Fsp3) is 0.300. The fourth-order valence-corrected chi connectivity index (χ4v) is 2.79. The Labute approximate surface area is 153 Å². The number of aromatic nitrogens is 2. The van der Waals surface area contributed by atoms with Crippen LogP contribution < -0.4 is 15.4 Å². The number of aliphatic hydroxyl groups is 1. The topological polar surface area (TPSA) is 79.3 Å². The zero-order chi connectivity index (χ0) is 18.2. The Hall–Kier alpha value is -2.86. The second-order valence-electron chi connectivity index (χ2n) is 5.91. The van der Waals surface area contributed by atoms with Crippen molar-refractivity contribution >= 4 is 22.7 Å². The number of nitrogens with zero attached hydrogens (tertiary/aromatic N) is 2. The molecular weight excluding hydrogens is 328 g/mol. The number of nitrogens with one attached hydrogen (secondary N) is 2. The number of anilines is 2. The van der Waals surface area contributed by atoms with Crippen molar-refractivity contribution < 1.29 is 9.84 Å². The van der Waals surface area contributed by atoms with Crippen LogP contribution in [0.3, 0.4) is 0 Å². The van der Waals surface area contributed by atoms with Crippen LogP contribution in [0, 0.1) is 0 Å². The Kier molecular flexibility index (Phi) is 6.22. The molecule has 0 bridgehead atoms. The van der Waals surface area contributed by atoms with Crippen molar-refractivity contribution in [2.45, 2.75) is 12.8 Å². The summed E-state index contributed by atoms with van der Waals surface area (Å²) in [6.45, 7) is 1.52. The van der Waals surface area contributed by atoms with Gasteiger partial charge in [0.1, 0.15) is 11.6 Å². The summed E-state index contributed by atoms with van der Waals surface area (Å²) in [5.74, 6) is 2.26. The van der Waals surface area contributed by atoms with Gasteiger partial charge in [0.2, 0.25) is 5.95 Å². The maximum atomic E-state index is 8.98. The number of hydrogen-bond donors (Lipinski definition) is 3. The molecule has 0 fully saturated rings. The van der Waals surface area contributed by atoms with E-state index in [4.69, 9.17) is 9.84 Å². The Morgan fingerprint density at radius 1 is 0.962 bits per heavy atom. The minimum Gasteiger partial charge on any atom is -0.496 e. The van der Waals surface area contributed by atoms with Crippen molar-refractivity contribution in [3.05, 3.63) is 54.1 Å². The minimum atomic E-state index is 0.153. The number of ether oxygens (including phenoxy) is 1. The zero-order valence-electron chi connectivity index (χ0n) is 14.9. The molecule has 3 aromatic rings. The first-order chi connectivity index (χ1) is 12.8. The molecule has 2 aromatic carbocycles. The van der Waals surface area contributed by atoms with Gasteiger partial charge in [-0.15, -0.1) is 0 Å². The summed E-state index contributed by atoms with van der Waals surface area (Å²) in [6, 6.07) is 15.9. The summed E-state index contributed by atoms with van der Waals surface area (Å²) >= 11 is 0. The molecule has 136 valence electrons. The van der Waals surface area contributed by atoms with Crippen LogP contribution in [0.5, 0.6) is 5.75 Å². The lowest BCUT2D eigenvalue weighted by Crippen LogP contribution is -2.11. The van der Waals surface area contributed by atoms with Gasteiger partial charge in [0.15, 0.2) is 0 Å². The minimum absolute atomic E-state index is 0.153. The number of benzene rings is 2. The fourth-order valence-electron chi connectivity index (χ4n) is 2.79. The smallest absolute Gasteiger partial charge is 0.225 e. The summed E-state index contributed by atoms with van der Waals surface area (Å²) in [5.41, 5.74) is 2.03. The number of methoxy groups -OCH3 is 1. The maximum absolute atomic E-state index is 8.98. The summed E-state index contributed by atoms with van der Waals surface area (Å²) in [5, 5.41) is 16.5. The van der Waals surface area contributed by atoms with Gasteiger partial charge in [-0.3, -0.25) is 0 Å². The van der Waals surface area contributed by atoms with Crippen molar-refractivity contribution in [3.63, 3.8) is 0 Å². The predicted molar refractivity (Wildman–Crippen MR) is 105 cm³/mol.